The highest BCUT2D eigenvalue weighted by atomic mass is 32.2. The van der Waals surface area contributed by atoms with E-state index < -0.39 is 0 Å². The summed E-state index contributed by atoms with van der Waals surface area (Å²) < 4.78 is 5.24. The molecule has 1 saturated heterocycles. The molecule has 3 rings (SSSR count). The Kier molecular flexibility index (Phi) is 8.34. The van der Waals surface area contributed by atoms with E-state index in [0.29, 0.717) is 6.04 Å². The molecule has 1 saturated carbocycles. The van der Waals surface area contributed by atoms with Gasteiger partial charge < -0.3 is 15.4 Å². The largest absolute Gasteiger partial charge is 0.497 e. The van der Waals surface area contributed by atoms with E-state index in [1.807, 2.05) is 18.8 Å². The summed E-state index contributed by atoms with van der Waals surface area (Å²) in [5.74, 6) is 2.64. The number of ether oxygens (including phenoxy) is 1. The fraction of sp³-hybridized carbons (Fsp3) is 0.682. The highest BCUT2D eigenvalue weighted by molar-refractivity contribution is 7.99. The second-order valence-electron chi connectivity index (χ2n) is 8.03. The van der Waals surface area contributed by atoms with Crippen molar-refractivity contribution in [2.45, 2.75) is 49.9 Å². The van der Waals surface area contributed by atoms with Gasteiger partial charge in [-0.1, -0.05) is 12.1 Å². The van der Waals surface area contributed by atoms with Crippen LogP contribution in [0.25, 0.3) is 0 Å². The molecule has 0 aromatic heterocycles. The summed E-state index contributed by atoms with van der Waals surface area (Å²) >= 11 is 2.00. The Bertz CT molecular complexity index is 613. The Morgan fingerprint density at radius 1 is 1.18 bits per heavy atom. The van der Waals surface area contributed by atoms with Gasteiger partial charge in [0.15, 0.2) is 5.96 Å². The molecule has 28 heavy (non-hydrogen) atoms. The van der Waals surface area contributed by atoms with Crippen LogP contribution in [0.4, 0.5) is 0 Å². The summed E-state index contributed by atoms with van der Waals surface area (Å²) in [5, 5.41) is 8.01. The van der Waals surface area contributed by atoms with Crippen molar-refractivity contribution in [1.29, 1.82) is 0 Å². The molecule has 1 aromatic carbocycles. The molecular weight excluding hydrogens is 368 g/mol. The molecule has 2 unspecified atom stereocenters. The summed E-state index contributed by atoms with van der Waals surface area (Å²) in [6, 6.07) is 9.03. The monoisotopic (exact) mass is 404 g/mol. The quantitative estimate of drug-likeness (QED) is 0.539. The number of benzene rings is 1. The van der Waals surface area contributed by atoms with E-state index >= 15 is 0 Å². The maximum absolute atomic E-state index is 5.24. The molecule has 2 N–H and O–H groups in total. The second-order valence-corrected chi connectivity index (χ2v) is 9.17. The van der Waals surface area contributed by atoms with Gasteiger partial charge in [0.05, 0.1) is 7.11 Å². The Hall–Kier alpha value is -1.40. The summed E-state index contributed by atoms with van der Waals surface area (Å²) in [5.41, 5.74) is 1.36. The van der Waals surface area contributed by atoms with Crippen molar-refractivity contribution in [3.8, 4) is 5.75 Å². The Labute approximate surface area is 174 Å². The molecule has 0 bridgehead atoms. The van der Waals surface area contributed by atoms with Gasteiger partial charge in [0, 0.05) is 31.4 Å². The third-order valence-corrected chi connectivity index (χ3v) is 7.21. The fourth-order valence-corrected chi connectivity index (χ4v) is 5.05. The van der Waals surface area contributed by atoms with Crippen LogP contribution in [-0.4, -0.2) is 62.2 Å². The number of nitrogens with one attached hydrogen (secondary N) is 2. The molecule has 0 spiro atoms. The van der Waals surface area contributed by atoms with Crippen molar-refractivity contribution in [2.24, 2.45) is 10.9 Å². The Morgan fingerprint density at radius 3 is 2.54 bits per heavy atom. The van der Waals surface area contributed by atoms with Crippen LogP contribution in [-0.2, 0) is 6.54 Å². The van der Waals surface area contributed by atoms with Crippen LogP contribution in [0, 0.1) is 5.92 Å². The molecule has 2 fully saturated rings. The number of piperidine rings is 1. The number of rotatable bonds is 7. The number of hydrogen-bond acceptors (Lipinski definition) is 4. The molecular formula is C22H36N4OS. The first-order chi connectivity index (χ1) is 13.7. The van der Waals surface area contributed by atoms with E-state index in [4.69, 9.17) is 4.74 Å². The molecule has 6 heteroatoms. The second kappa shape index (κ2) is 11.0. The first-order valence-corrected chi connectivity index (χ1v) is 11.8. The minimum atomic E-state index is 0.579. The van der Waals surface area contributed by atoms with Crippen LogP contribution in [0.1, 0.15) is 37.7 Å². The van der Waals surface area contributed by atoms with Gasteiger partial charge >= 0.3 is 0 Å². The zero-order valence-corrected chi connectivity index (χ0v) is 18.4. The lowest BCUT2D eigenvalue weighted by atomic mass is 9.96. The van der Waals surface area contributed by atoms with Crippen molar-refractivity contribution in [3.63, 3.8) is 0 Å². The first-order valence-electron chi connectivity index (χ1n) is 10.6. The predicted octanol–water partition coefficient (Wildman–Crippen LogP) is 3.36. The molecule has 2 atom stereocenters. The number of methoxy groups -OCH3 is 1. The zero-order valence-electron chi connectivity index (χ0n) is 17.6. The standard InChI is InChI=1S/C22H36N4OS/c1-23-22(25-19-6-9-21(14-19)28-3)24-15-17-10-12-26(13-11-17)16-18-4-7-20(27-2)8-5-18/h4-5,7-8,17,19,21H,6,9-16H2,1-3H3,(H2,23,24,25). The molecule has 0 radical (unpaired) electrons. The normalized spacial score (nSPS) is 24.3. The van der Waals surface area contributed by atoms with Crippen molar-refractivity contribution in [2.75, 3.05) is 40.0 Å². The van der Waals surface area contributed by atoms with Crippen LogP contribution in [0.5, 0.6) is 5.75 Å². The highest BCUT2D eigenvalue weighted by Gasteiger charge is 2.25. The van der Waals surface area contributed by atoms with E-state index in [1.54, 1.807) is 7.11 Å². The van der Waals surface area contributed by atoms with Gasteiger partial charge in [-0.3, -0.25) is 9.89 Å². The SMILES string of the molecule is CN=C(NCC1CCN(Cc2ccc(OC)cc2)CC1)NC1CCC(SC)C1. The van der Waals surface area contributed by atoms with Crippen LogP contribution >= 0.6 is 11.8 Å². The van der Waals surface area contributed by atoms with Gasteiger partial charge in [0.1, 0.15) is 5.75 Å². The van der Waals surface area contributed by atoms with E-state index in [-0.39, 0.29) is 0 Å². The lowest BCUT2D eigenvalue weighted by molar-refractivity contribution is 0.178. The average Bonchev–Trinajstić information content (AvgIpc) is 3.20. The number of nitrogens with zero attached hydrogens (tertiary/aromatic N) is 2. The maximum Gasteiger partial charge on any atom is 0.191 e. The minimum absolute atomic E-state index is 0.579. The van der Waals surface area contributed by atoms with Crippen molar-refractivity contribution < 1.29 is 4.74 Å². The molecule has 1 aromatic rings. The summed E-state index contributed by atoms with van der Waals surface area (Å²) in [7, 11) is 3.60. The number of guanidine groups is 1. The van der Waals surface area contributed by atoms with E-state index in [9.17, 15) is 0 Å². The first kappa shape index (κ1) is 21.3. The number of aliphatic imine (C=N–C) groups is 1. The van der Waals surface area contributed by atoms with Crippen molar-refractivity contribution in [3.05, 3.63) is 29.8 Å². The topological polar surface area (TPSA) is 48.9 Å². The summed E-state index contributed by atoms with van der Waals surface area (Å²) in [6.07, 6.45) is 8.56. The molecule has 1 aliphatic heterocycles. The van der Waals surface area contributed by atoms with Crippen LogP contribution in [0.3, 0.4) is 0 Å². The maximum atomic E-state index is 5.24. The Balaban J connectivity index is 1.35. The summed E-state index contributed by atoms with van der Waals surface area (Å²) in [6.45, 7) is 4.39. The predicted molar refractivity (Wildman–Crippen MR) is 120 cm³/mol. The van der Waals surface area contributed by atoms with Gasteiger partial charge in [0.2, 0.25) is 0 Å². The van der Waals surface area contributed by atoms with Gasteiger partial charge in [0.25, 0.3) is 0 Å². The van der Waals surface area contributed by atoms with E-state index in [2.05, 4.69) is 51.0 Å². The van der Waals surface area contributed by atoms with Gasteiger partial charge in [-0.2, -0.15) is 11.8 Å². The smallest absolute Gasteiger partial charge is 0.191 e. The molecule has 156 valence electrons. The zero-order chi connectivity index (χ0) is 19.8. The van der Waals surface area contributed by atoms with E-state index in [0.717, 1.165) is 36.0 Å². The third kappa shape index (κ3) is 6.31. The van der Waals surface area contributed by atoms with Gasteiger partial charge in [-0.15, -0.1) is 0 Å². The average molecular weight is 405 g/mol. The van der Waals surface area contributed by atoms with Crippen LogP contribution in [0.2, 0.25) is 0 Å². The lowest BCUT2D eigenvalue weighted by Gasteiger charge is -2.32. The molecule has 1 aliphatic carbocycles. The lowest BCUT2D eigenvalue weighted by Crippen LogP contribution is -2.45. The van der Waals surface area contributed by atoms with Crippen LogP contribution in [0.15, 0.2) is 29.3 Å². The molecule has 1 heterocycles. The van der Waals surface area contributed by atoms with Crippen LogP contribution < -0.4 is 15.4 Å². The minimum Gasteiger partial charge on any atom is -0.497 e. The van der Waals surface area contributed by atoms with Gasteiger partial charge in [-0.05, 0) is 75.1 Å². The number of likely N-dealkylation sites (tertiary alicyclic amines) is 1. The van der Waals surface area contributed by atoms with Gasteiger partial charge in [-0.25, -0.2) is 0 Å². The fourth-order valence-electron chi connectivity index (χ4n) is 4.25. The molecule has 2 aliphatic rings. The molecule has 0 amide bonds. The molecule has 5 nitrogen and oxygen atoms in total. The summed E-state index contributed by atoms with van der Waals surface area (Å²) in [4.78, 5) is 7.00. The Morgan fingerprint density at radius 2 is 1.93 bits per heavy atom. The van der Waals surface area contributed by atoms with E-state index in [1.165, 1.54) is 50.8 Å². The third-order valence-electron chi connectivity index (χ3n) is 6.11. The van der Waals surface area contributed by atoms with Crippen molar-refractivity contribution in [1.82, 2.24) is 15.5 Å². The number of hydrogen-bond donors (Lipinski definition) is 2. The van der Waals surface area contributed by atoms with Crippen molar-refractivity contribution >= 4 is 17.7 Å². The number of thioether (sulfide) groups is 1. The highest BCUT2D eigenvalue weighted by Crippen LogP contribution is 2.28.